The molecule has 0 amide bonds. The van der Waals surface area contributed by atoms with Gasteiger partial charge in [0, 0.05) is 17.5 Å². The lowest BCUT2D eigenvalue weighted by atomic mass is 10.1. The Labute approximate surface area is 181 Å². The monoisotopic (exact) mass is 452 g/mol. The van der Waals surface area contributed by atoms with Gasteiger partial charge in [-0.2, -0.15) is 0 Å². The van der Waals surface area contributed by atoms with Crippen molar-refractivity contribution in [3.05, 3.63) is 46.9 Å². The maximum absolute atomic E-state index is 12.7. The minimum atomic E-state index is -3.70. The first-order valence-electron chi connectivity index (χ1n) is 8.90. The van der Waals surface area contributed by atoms with Crippen LogP contribution < -0.4 is 23.7 Å². The van der Waals surface area contributed by atoms with Gasteiger partial charge in [0.15, 0.2) is 21.3 Å². The van der Waals surface area contributed by atoms with Crippen LogP contribution in [0.4, 0.5) is 4.79 Å². The molecule has 0 saturated carbocycles. The van der Waals surface area contributed by atoms with E-state index in [0.29, 0.717) is 28.4 Å². The molecule has 2 rings (SSSR count). The molecule has 0 aliphatic rings. The zero-order valence-electron chi connectivity index (χ0n) is 17.8. The third-order valence-electron chi connectivity index (χ3n) is 4.15. The largest absolute Gasteiger partial charge is 0.513 e. The molecule has 2 aromatic carbocycles. The van der Waals surface area contributed by atoms with Gasteiger partial charge in [-0.1, -0.05) is 6.07 Å². The highest BCUT2D eigenvalue weighted by Crippen LogP contribution is 2.35. The van der Waals surface area contributed by atoms with Gasteiger partial charge < -0.3 is 28.4 Å². The van der Waals surface area contributed by atoms with E-state index in [0.717, 1.165) is 12.5 Å². The number of benzene rings is 2. The fourth-order valence-corrected chi connectivity index (χ4v) is 3.75. The summed E-state index contributed by atoms with van der Waals surface area (Å²) in [7, 11) is 3.27. The van der Waals surface area contributed by atoms with Gasteiger partial charge >= 0.3 is 6.16 Å². The van der Waals surface area contributed by atoms with Crippen LogP contribution in [0.15, 0.2) is 35.7 Å². The van der Waals surface area contributed by atoms with Crippen molar-refractivity contribution in [2.45, 2.75) is 5.75 Å². The number of rotatable bonds is 9. The molecule has 0 aromatic heterocycles. The Kier molecular flexibility index (Phi) is 8.14. The van der Waals surface area contributed by atoms with Crippen molar-refractivity contribution in [2.75, 3.05) is 35.5 Å². The molecule has 0 bridgehead atoms. The van der Waals surface area contributed by atoms with E-state index in [1.807, 2.05) is 0 Å². The Balaban J connectivity index is 2.33. The van der Waals surface area contributed by atoms with Crippen LogP contribution in [0.2, 0.25) is 0 Å². The van der Waals surface area contributed by atoms with E-state index in [4.69, 9.17) is 23.7 Å². The highest BCUT2D eigenvalue weighted by atomic mass is 32.2. The number of ether oxygens (including phenoxy) is 6. The summed E-state index contributed by atoms with van der Waals surface area (Å²) in [5.74, 6) is 1.25. The molecule has 0 aliphatic carbocycles. The highest BCUT2D eigenvalue weighted by Gasteiger charge is 2.16. The minimum absolute atomic E-state index is 0.0459. The van der Waals surface area contributed by atoms with Crippen LogP contribution in [0.25, 0.3) is 6.08 Å². The van der Waals surface area contributed by atoms with Crippen molar-refractivity contribution in [3.8, 4) is 28.7 Å². The van der Waals surface area contributed by atoms with Crippen LogP contribution in [0.5, 0.6) is 28.7 Å². The Morgan fingerprint density at radius 3 is 1.97 bits per heavy atom. The van der Waals surface area contributed by atoms with Crippen LogP contribution in [0.3, 0.4) is 0 Å². The van der Waals surface area contributed by atoms with Crippen LogP contribution in [-0.2, 0) is 20.3 Å². The van der Waals surface area contributed by atoms with Crippen molar-refractivity contribution in [1.82, 2.24) is 0 Å². The zero-order valence-corrected chi connectivity index (χ0v) is 18.6. The van der Waals surface area contributed by atoms with Gasteiger partial charge in [0.1, 0.15) is 17.2 Å². The summed E-state index contributed by atoms with van der Waals surface area (Å²) in [6.45, 7) is 0. The fraction of sp³-hybridized carbons (Fsp3) is 0.286. The summed E-state index contributed by atoms with van der Waals surface area (Å²) in [6.07, 6.45) is 0.443. The summed E-state index contributed by atoms with van der Waals surface area (Å²) in [6, 6.07) is 7.70. The molecule has 0 spiro atoms. The number of carbonyl (C=O) groups excluding carboxylic acids is 1. The lowest BCUT2D eigenvalue weighted by Crippen LogP contribution is -2.09. The first-order valence-corrected chi connectivity index (χ1v) is 10.6. The number of hydrogen-bond acceptors (Lipinski definition) is 9. The van der Waals surface area contributed by atoms with Crippen LogP contribution in [-0.4, -0.2) is 50.1 Å². The molecule has 9 nitrogen and oxygen atoms in total. The topological polar surface area (TPSA) is 107 Å². The molecule has 0 unspecified atom stereocenters. The van der Waals surface area contributed by atoms with Gasteiger partial charge in [0.05, 0.1) is 46.9 Å². The van der Waals surface area contributed by atoms with E-state index in [1.54, 1.807) is 18.2 Å². The summed E-state index contributed by atoms with van der Waals surface area (Å²) in [4.78, 5) is 11.4. The van der Waals surface area contributed by atoms with Crippen molar-refractivity contribution >= 4 is 22.1 Å². The number of sulfone groups is 1. The van der Waals surface area contributed by atoms with Gasteiger partial charge in [0.25, 0.3) is 0 Å². The van der Waals surface area contributed by atoms with Crippen LogP contribution in [0, 0.1) is 0 Å². The lowest BCUT2D eigenvalue weighted by molar-refractivity contribution is 0.120. The third-order valence-corrected chi connectivity index (χ3v) is 5.44. The van der Waals surface area contributed by atoms with Crippen molar-refractivity contribution in [1.29, 1.82) is 0 Å². The molecule has 0 atom stereocenters. The summed E-state index contributed by atoms with van der Waals surface area (Å²) >= 11 is 0. The van der Waals surface area contributed by atoms with Crippen LogP contribution >= 0.6 is 0 Å². The highest BCUT2D eigenvalue weighted by molar-refractivity contribution is 7.93. The first kappa shape index (κ1) is 23.9. The molecule has 10 heteroatoms. The number of hydrogen-bond donors (Lipinski definition) is 0. The van der Waals surface area contributed by atoms with E-state index < -0.39 is 16.0 Å². The third kappa shape index (κ3) is 6.29. The summed E-state index contributed by atoms with van der Waals surface area (Å²) in [5, 5.41) is 1.06. The van der Waals surface area contributed by atoms with Gasteiger partial charge in [-0.25, -0.2) is 13.2 Å². The Morgan fingerprint density at radius 2 is 1.45 bits per heavy atom. The average molecular weight is 452 g/mol. The van der Waals surface area contributed by atoms with E-state index in [2.05, 4.69) is 4.74 Å². The molecule has 0 N–H and O–H groups in total. The minimum Gasteiger partial charge on any atom is -0.496 e. The van der Waals surface area contributed by atoms with Gasteiger partial charge in [-0.3, -0.25) is 0 Å². The molecule has 0 radical (unpaired) electrons. The van der Waals surface area contributed by atoms with Gasteiger partial charge in [0.2, 0.25) is 0 Å². The van der Waals surface area contributed by atoms with Crippen molar-refractivity contribution in [3.63, 3.8) is 0 Å². The Bertz CT molecular complexity index is 1030. The van der Waals surface area contributed by atoms with E-state index in [9.17, 15) is 13.2 Å². The Hall–Kier alpha value is -3.40. The summed E-state index contributed by atoms with van der Waals surface area (Å²) in [5.41, 5.74) is 0.830. The molecule has 168 valence electrons. The second-order valence-electron chi connectivity index (χ2n) is 6.10. The SMILES string of the molecule is COC(=O)Oc1cc(CS(=O)(=O)C=Cc2c(OC)cc(OC)cc2OC)ccc1OC. The van der Waals surface area contributed by atoms with Gasteiger partial charge in [-0.15, -0.1) is 0 Å². The molecular formula is C21H24O9S. The normalized spacial score (nSPS) is 11.1. The maximum atomic E-state index is 12.7. The molecule has 0 fully saturated rings. The molecule has 2 aromatic rings. The van der Waals surface area contributed by atoms with Crippen molar-refractivity contribution < 1.29 is 41.6 Å². The number of methoxy groups -OCH3 is 5. The quantitative estimate of drug-likeness (QED) is 0.418. The Morgan fingerprint density at radius 1 is 0.839 bits per heavy atom. The second kappa shape index (κ2) is 10.6. The molecule has 0 aliphatic heterocycles. The smallest absolute Gasteiger partial charge is 0.496 e. The standard InChI is InChI=1S/C21H24O9S/c1-25-15-11-18(27-3)16(19(12-15)28-4)8-9-31(23,24)13-14-6-7-17(26-2)20(10-14)30-21(22)29-5/h6-12H,13H2,1-5H3. The molecule has 0 heterocycles. The molecule has 31 heavy (non-hydrogen) atoms. The zero-order chi connectivity index (χ0) is 23.0. The molecule has 0 saturated heterocycles. The predicted molar refractivity (Wildman–Crippen MR) is 114 cm³/mol. The number of carbonyl (C=O) groups is 1. The van der Waals surface area contributed by atoms with E-state index in [-0.39, 0.29) is 17.3 Å². The first-order chi connectivity index (χ1) is 14.8. The predicted octanol–water partition coefficient (Wildman–Crippen LogP) is 3.45. The van der Waals surface area contributed by atoms with Gasteiger partial charge in [-0.05, 0) is 23.8 Å². The maximum Gasteiger partial charge on any atom is 0.513 e. The second-order valence-corrected chi connectivity index (χ2v) is 7.98. The van der Waals surface area contributed by atoms with E-state index >= 15 is 0 Å². The van der Waals surface area contributed by atoms with E-state index in [1.165, 1.54) is 46.6 Å². The fourth-order valence-electron chi connectivity index (χ4n) is 2.67. The summed E-state index contributed by atoms with van der Waals surface area (Å²) < 4.78 is 55.8. The lowest BCUT2D eigenvalue weighted by Gasteiger charge is -2.12. The van der Waals surface area contributed by atoms with Crippen LogP contribution in [0.1, 0.15) is 11.1 Å². The van der Waals surface area contributed by atoms with Crippen molar-refractivity contribution in [2.24, 2.45) is 0 Å². The molecular weight excluding hydrogens is 428 g/mol. The average Bonchev–Trinajstić information content (AvgIpc) is 2.76.